The maximum Gasteiger partial charge on any atom is 0.230 e. The second-order valence-corrected chi connectivity index (χ2v) is 5.70. The Morgan fingerprint density at radius 1 is 1.45 bits per heavy atom. The van der Waals surface area contributed by atoms with Gasteiger partial charge in [-0.25, -0.2) is 9.97 Å². The van der Waals surface area contributed by atoms with Gasteiger partial charge in [0.25, 0.3) is 0 Å². The number of rotatable bonds is 6. The average molecular weight is 321 g/mol. The van der Waals surface area contributed by atoms with E-state index in [1.807, 2.05) is 13.8 Å². The van der Waals surface area contributed by atoms with Crippen molar-refractivity contribution >= 4 is 28.4 Å². The van der Waals surface area contributed by atoms with Crippen molar-refractivity contribution in [2.24, 2.45) is 5.92 Å². The number of hydrogen-bond donors (Lipinski definition) is 3. The minimum absolute atomic E-state index is 0.0552. The van der Waals surface area contributed by atoms with Crippen molar-refractivity contribution in [2.75, 3.05) is 10.6 Å². The zero-order chi connectivity index (χ0) is 16.1. The Balaban J connectivity index is 1.96. The number of aromatic hydroxyl groups is 1. The van der Waals surface area contributed by atoms with Gasteiger partial charge in [-0.05, 0) is 19.1 Å². The van der Waals surface area contributed by atoms with Gasteiger partial charge in [0.15, 0.2) is 11.6 Å². The number of amides is 1. The van der Waals surface area contributed by atoms with Crippen LogP contribution in [0.3, 0.4) is 0 Å². The Morgan fingerprint density at radius 3 is 2.86 bits per heavy atom. The number of hydrogen-bond acceptors (Lipinski definition) is 7. The molecule has 2 aromatic rings. The van der Waals surface area contributed by atoms with Crippen LogP contribution in [0.4, 0.5) is 10.9 Å². The quantitative estimate of drug-likeness (QED) is 0.755. The molecule has 0 fully saturated rings. The summed E-state index contributed by atoms with van der Waals surface area (Å²) in [7, 11) is 0. The van der Waals surface area contributed by atoms with Crippen LogP contribution >= 0.6 is 11.5 Å². The molecule has 2 aromatic heterocycles. The van der Waals surface area contributed by atoms with Gasteiger partial charge < -0.3 is 15.7 Å². The Bertz CT molecular complexity index is 646. The molecule has 1 amide bonds. The molecule has 0 aliphatic carbocycles. The number of carbonyl (C=O) groups excluding carboxylic acids is 1. The number of pyridine rings is 1. The molecule has 2 heterocycles. The van der Waals surface area contributed by atoms with E-state index in [1.165, 1.54) is 23.8 Å². The molecule has 22 heavy (non-hydrogen) atoms. The maximum atomic E-state index is 12.2. The van der Waals surface area contributed by atoms with Gasteiger partial charge in [0, 0.05) is 30.2 Å². The first-order chi connectivity index (χ1) is 10.5. The van der Waals surface area contributed by atoms with Gasteiger partial charge in [0.1, 0.15) is 5.82 Å². The Kier molecular flexibility index (Phi) is 5.26. The van der Waals surface area contributed by atoms with Crippen LogP contribution in [0.5, 0.6) is 5.75 Å². The maximum absolute atomic E-state index is 12.2. The van der Waals surface area contributed by atoms with Crippen molar-refractivity contribution in [2.45, 2.75) is 33.2 Å². The lowest BCUT2D eigenvalue weighted by Gasteiger charge is -2.20. The van der Waals surface area contributed by atoms with Gasteiger partial charge >= 0.3 is 0 Å². The molecule has 118 valence electrons. The van der Waals surface area contributed by atoms with E-state index in [9.17, 15) is 9.90 Å². The largest absolute Gasteiger partial charge is 0.504 e. The molecule has 0 radical (unpaired) electrons. The standard InChI is InChI=1S/C14H19N5O2S/c1-4-11-17-14(22-19-11)16-9(3)8(2)13(21)18-12-10(20)6-5-7-15-12/h5-9,20H,4H2,1-3H3,(H,15,18,21)(H,16,17,19)/t8-,9-/m0/s1. The summed E-state index contributed by atoms with van der Waals surface area (Å²) in [4.78, 5) is 20.5. The minimum Gasteiger partial charge on any atom is -0.504 e. The topological polar surface area (TPSA) is 100 Å². The van der Waals surface area contributed by atoms with Crippen LogP contribution in [-0.2, 0) is 11.2 Å². The SMILES string of the molecule is CCc1nsc(N[C@@H](C)[C@H](C)C(=O)Nc2ncccc2O)n1. The summed E-state index contributed by atoms with van der Waals surface area (Å²) >= 11 is 1.28. The molecular weight excluding hydrogens is 302 g/mol. The fourth-order valence-electron chi connectivity index (χ4n) is 1.73. The Labute approximate surface area is 133 Å². The van der Waals surface area contributed by atoms with E-state index in [-0.39, 0.29) is 29.4 Å². The van der Waals surface area contributed by atoms with Gasteiger partial charge in [-0.2, -0.15) is 4.37 Å². The summed E-state index contributed by atoms with van der Waals surface area (Å²) in [6.07, 6.45) is 2.29. The molecule has 0 saturated heterocycles. The van der Waals surface area contributed by atoms with Gasteiger partial charge in [-0.3, -0.25) is 4.79 Å². The van der Waals surface area contributed by atoms with Crippen LogP contribution in [0.1, 0.15) is 26.6 Å². The first kappa shape index (κ1) is 16.2. The highest BCUT2D eigenvalue weighted by atomic mass is 32.1. The first-order valence-electron chi connectivity index (χ1n) is 7.05. The van der Waals surface area contributed by atoms with Crippen LogP contribution in [0.2, 0.25) is 0 Å². The third-order valence-electron chi connectivity index (χ3n) is 3.33. The van der Waals surface area contributed by atoms with E-state index in [1.54, 1.807) is 13.0 Å². The Hall–Kier alpha value is -2.22. The van der Waals surface area contributed by atoms with E-state index in [2.05, 4.69) is 25.0 Å². The van der Waals surface area contributed by atoms with E-state index in [0.29, 0.717) is 5.13 Å². The molecule has 2 atom stereocenters. The lowest BCUT2D eigenvalue weighted by Crippen LogP contribution is -2.34. The zero-order valence-electron chi connectivity index (χ0n) is 12.7. The molecule has 0 aliphatic rings. The molecule has 2 rings (SSSR count). The Morgan fingerprint density at radius 2 is 2.23 bits per heavy atom. The van der Waals surface area contributed by atoms with Crippen molar-refractivity contribution in [1.29, 1.82) is 0 Å². The predicted molar refractivity (Wildman–Crippen MR) is 86.1 cm³/mol. The third kappa shape index (κ3) is 3.91. The lowest BCUT2D eigenvalue weighted by molar-refractivity contribution is -0.119. The number of nitrogens with one attached hydrogen (secondary N) is 2. The fraction of sp³-hybridized carbons (Fsp3) is 0.429. The monoisotopic (exact) mass is 321 g/mol. The molecule has 8 heteroatoms. The summed E-state index contributed by atoms with van der Waals surface area (Å²) in [6, 6.07) is 2.94. The molecule has 7 nitrogen and oxygen atoms in total. The second kappa shape index (κ2) is 7.17. The molecule has 0 saturated carbocycles. The van der Waals surface area contributed by atoms with Gasteiger partial charge in [-0.1, -0.05) is 13.8 Å². The molecule has 0 aromatic carbocycles. The summed E-state index contributed by atoms with van der Waals surface area (Å²) in [5.74, 6) is 0.330. The number of carbonyl (C=O) groups is 1. The van der Waals surface area contributed by atoms with Crippen molar-refractivity contribution < 1.29 is 9.90 Å². The highest BCUT2D eigenvalue weighted by molar-refractivity contribution is 7.09. The average Bonchev–Trinajstić information content (AvgIpc) is 2.96. The minimum atomic E-state index is -0.338. The van der Waals surface area contributed by atoms with E-state index < -0.39 is 0 Å². The van der Waals surface area contributed by atoms with Gasteiger partial charge in [0.05, 0.1) is 5.92 Å². The van der Waals surface area contributed by atoms with E-state index in [4.69, 9.17) is 0 Å². The van der Waals surface area contributed by atoms with Crippen molar-refractivity contribution in [3.05, 3.63) is 24.2 Å². The number of aromatic nitrogens is 3. The summed E-state index contributed by atoms with van der Waals surface area (Å²) < 4.78 is 4.20. The second-order valence-electron chi connectivity index (χ2n) is 4.95. The van der Waals surface area contributed by atoms with E-state index in [0.717, 1.165) is 12.2 Å². The van der Waals surface area contributed by atoms with Crippen molar-refractivity contribution in [3.8, 4) is 5.75 Å². The molecular formula is C14H19N5O2S. The fourth-order valence-corrected chi connectivity index (χ4v) is 2.47. The molecule has 3 N–H and O–H groups in total. The highest BCUT2D eigenvalue weighted by Crippen LogP contribution is 2.21. The van der Waals surface area contributed by atoms with Crippen molar-refractivity contribution in [1.82, 2.24) is 14.3 Å². The van der Waals surface area contributed by atoms with E-state index >= 15 is 0 Å². The van der Waals surface area contributed by atoms with Crippen LogP contribution in [0.25, 0.3) is 0 Å². The summed E-state index contributed by atoms with van der Waals surface area (Å²) in [5.41, 5.74) is 0. The summed E-state index contributed by atoms with van der Waals surface area (Å²) in [6.45, 7) is 5.69. The van der Waals surface area contributed by atoms with Crippen LogP contribution in [-0.4, -0.2) is 31.4 Å². The zero-order valence-corrected chi connectivity index (χ0v) is 13.5. The van der Waals surface area contributed by atoms with Gasteiger partial charge in [0.2, 0.25) is 11.0 Å². The smallest absolute Gasteiger partial charge is 0.230 e. The number of anilines is 2. The molecule has 0 aliphatic heterocycles. The van der Waals surface area contributed by atoms with Crippen LogP contribution < -0.4 is 10.6 Å². The normalized spacial score (nSPS) is 13.4. The third-order valence-corrected chi connectivity index (χ3v) is 4.01. The molecule has 0 spiro atoms. The van der Waals surface area contributed by atoms with Gasteiger partial charge in [-0.15, -0.1) is 0 Å². The highest BCUT2D eigenvalue weighted by Gasteiger charge is 2.22. The summed E-state index contributed by atoms with van der Waals surface area (Å²) in [5, 5.41) is 16.1. The number of nitrogens with zero attached hydrogens (tertiary/aromatic N) is 3. The van der Waals surface area contributed by atoms with Crippen LogP contribution in [0.15, 0.2) is 18.3 Å². The predicted octanol–water partition coefficient (Wildman–Crippen LogP) is 2.28. The number of aryl methyl sites for hydroxylation is 1. The van der Waals surface area contributed by atoms with Crippen molar-refractivity contribution in [3.63, 3.8) is 0 Å². The lowest BCUT2D eigenvalue weighted by atomic mass is 10.0. The molecule has 0 unspecified atom stereocenters. The first-order valence-corrected chi connectivity index (χ1v) is 7.82. The van der Waals surface area contributed by atoms with Crippen LogP contribution in [0, 0.1) is 5.92 Å². The molecule has 0 bridgehead atoms.